The van der Waals surface area contributed by atoms with Gasteiger partial charge in [-0.15, -0.1) is 0 Å². The van der Waals surface area contributed by atoms with Crippen molar-refractivity contribution in [2.75, 3.05) is 13.7 Å². The van der Waals surface area contributed by atoms with E-state index in [0.29, 0.717) is 23.9 Å². The summed E-state index contributed by atoms with van der Waals surface area (Å²) in [6.45, 7) is 2.11. The number of aromatic nitrogens is 4. The molecule has 3 aromatic rings. The van der Waals surface area contributed by atoms with Gasteiger partial charge in [-0.25, -0.2) is 14.6 Å². The lowest BCUT2D eigenvalue weighted by atomic mass is 10.2. The van der Waals surface area contributed by atoms with Gasteiger partial charge in [-0.05, 0) is 30.7 Å². The third kappa shape index (κ3) is 4.73. The van der Waals surface area contributed by atoms with E-state index in [0.717, 1.165) is 11.1 Å². The second-order valence-corrected chi connectivity index (χ2v) is 5.80. The van der Waals surface area contributed by atoms with Gasteiger partial charge in [-0.1, -0.05) is 24.3 Å². The summed E-state index contributed by atoms with van der Waals surface area (Å²) in [6.07, 6.45) is 8.55. The van der Waals surface area contributed by atoms with E-state index >= 15 is 0 Å². The van der Waals surface area contributed by atoms with Gasteiger partial charge in [0.1, 0.15) is 12.7 Å². The van der Waals surface area contributed by atoms with Gasteiger partial charge in [-0.2, -0.15) is 5.10 Å². The molecule has 8 heteroatoms. The van der Waals surface area contributed by atoms with Crippen LogP contribution in [-0.4, -0.2) is 39.4 Å². The van der Waals surface area contributed by atoms with Crippen molar-refractivity contribution >= 4 is 12.0 Å². The number of hydrogen-bond donors (Lipinski definition) is 1. The summed E-state index contributed by atoms with van der Waals surface area (Å²) in [5.41, 5.74) is 1.81. The van der Waals surface area contributed by atoms with Gasteiger partial charge in [0.05, 0.1) is 7.11 Å². The number of methoxy groups -OCH3 is 1. The zero-order valence-electron chi connectivity index (χ0n) is 15.7. The fraction of sp³-hybridized carbons (Fsp3) is 0.200. The van der Waals surface area contributed by atoms with E-state index < -0.39 is 0 Å². The molecular weight excluding hydrogens is 358 g/mol. The summed E-state index contributed by atoms with van der Waals surface area (Å²) in [6, 6.07) is 9.21. The molecule has 0 atom stereocenters. The highest BCUT2D eigenvalue weighted by Gasteiger charge is 2.10. The van der Waals surface area contributed by atoms with Crippen LogP contribution in [0, 0.1) is 0 Å². The molecule has 0 aliphatic rings. The fourth-order valence-corrected chi connectivity index (χ4v) is 2.58. The lowest BCUT2D eigenvalue weighted by Crippen LogP contribution is -2.29. The quantitative estimate of drug-likeness (QED) is 0.646. The first-order valence-corrected chi connectivity index (χ1v) is 8.70. The summed E-state index contributed by atoms with van der Waals surface area (Å²) in [5, 5.41) is 6.90. The number of amides is 1. The number of ether oxygens (including phenoxy) is 2. The molecule has 0 fully saturated rings. The van der Waals surface area contributed by atoms with Crippen LogP contribution in [0.15, 0.2) is 55.3 Å². The molecule has 0 radical (unpaired) electrons. The van der Waals surface area contributed by atoms with E-state index in [-0.39, 0.29) is 12.5 Å². The lowest BCUT2D eigenvalue weighted by molar-refractivity contribution is -0.123. The van der Waals surface area contributed by atoms with Gasteiger partial charge >= 0.3 is 0 Å². The number of carbonyl (C=O) groups is 1. The summed E-state index contributed by atoms with van der Waals surface area (Å²) >= 11 is 0. The van der Waals surface area contributed by atoms with Crippen molar-refractivity contribution in [3.8, 4) is 17.3 Å². The van der Waals surface area contributed by atoms with Gasteiger partial charge in [-0.3, -0.25) is 4.79 Å². The predicted octanol–water partition coefficient (Wildman–Crippen LogP) is 2.40. The van der Waals surface area contributed by atoms with Crippen molar-refractivity contribution in [3.63, 3.8) is 0 Å². The van der Waals surface area contributed by atoms with Gasteiger partial charge in [0.15, 0.2) is 23.9 Å². The number of hydrogen-bond acceptors (Lipinski definition) is 6. The predicted molar refractivity (Wildman–Crippen MR) is 104 cm³/mol. The van der Waals surface area contributed by atoms with Crippen LogP contribution in [0.3, 0.4) is 0 Å². The molecule has 2 heterocycles. The highest BCUT2D eigenvalue weighted by Crippen LogP contribution is 2.28. The normalized spacial score (nSPS) is 10.8. The molecule has 1 N–H and O–H groups in total. The highest BCUT2D eigenvalue weighted by molar-refractivity contribution is 5.77. The lowest BCUT2D eigenvalue weighted by Gasteiger charge is -2.12. The molecule has 0 aliphatic carbocycles. The largest absolute Gasteiger partial charge is 0.493 e. The Kier molecular flexibility index (Phi) is 6.35. The third-order valence-electron chi connectivity index (χ3n) is 3.88. The maximum atomic E-state index is 12.2. The molecule has 0 saturated carbocycles. The van der Waals surface area contributed by atoms with Crippen molar-refractivity contribution in [3.05, 3.63) is 66.4 Å². The number of nitrogens with one attached hydrogen (secondary N) is 1. The molecule has 0 spiro atoms. The maximum Gasteiger partial charge on any atom is 0.258 e. The Labute approximate surface area is 162 Å². The summed E-state index contributed by atoms with van der Waals surface area (Å²) in [7, 11) is 1.57. The van der Waals surface area contributed by atoms with E-state index in [1.165, 1.54) is 6.33 Å². The number of benzene rings is 1. The SMILES string of the molecule is C/C=C\c1ccc(OCC(=O)NCc2cccnc2-n2cncn2)c(OC)c1. The van der Waals surface area contributed by atoms with Crippen molar-refractivity contribution in [1.29, 1.82) is 0 Å². The molecule has 0 aliphatic heterocycles. The van der Waals surface area contributed by atoms with E-state index in [1.54, 1.807) is 36.4 Å². The second kappa shape index (κ2) is 9.31. The molecule has 1 amide bonds. The summed E-state index contributed by atoms with van der Waals surface area (Å²) < 4.78 is 12.5. The van der Waals surface area contributed by atoms with Gasteiger partial charge in [0, 0.05) is 18.3 Å². The molecule has 0 saturated heterocycles. The molecular formula is C20H21N5O3. The average molecular weight is 379 g/mol. The highest BCUT2D eigenvalue weighted by atomic mass is 16.5. The maximum absolute atomic E-state index is 12.2. The molecule has 2 aromatic heterocycles. The van der Waals surface area contributed by atoms with Crippen LogP contribution in [0.5, 0.6) is 11.5 Å². The van der Waals surface area contributed by atoms with Crippen LogP contribution in [-0.2, 0) is 11.3 Å². The minimum atomic E-state index is -0.257. The van der Waals surface area contributed by atoms with E-state index in [9.17, 15) is 4.79 Å². The monoisotopic (exact) mass is 379 g/mol. The van der Waals surface area contributed by atoms with Crippen LogP contribution in [0.1, 0.15) is 18.1 Å². The van der Waals surface area contributed by atoms with Crippen LogP contribution in [0.4, 0.5) is 0 Å². The topological polar surface area (TPSA) is 91.2 Å². The Morgan fingerprint density at radius 3 is 2.93 bits per heavy atom. The molecule has 8 nitrogen and oxygen atoms in total. The van der Waals surface area contributed by atoms with Gasteiger partial charge in [0.2, 0.25) is 0 Å². The number of nitrogens with zero attached hydrogens (tertiary/aromatic N) is 4. The molecule has 3 rings (SSSR count). The Balaban J connectivity index is 1.59. The first-order chi connectivity index (χ1) is 13.7. The second-order valence-electron chi connectivity index (χ2n) is 5.80. The van der Waals surface area contributed by atoms with E-state index in [1.807, 2.05) is 37.3 Å². The Morgan fingerprint density at radius 1 is 1.29 bits per heavy atom. The third-order valence-corrected chi connectivity index (χ3v) is 3.88. The molecule has 0 bridgehead atoms. The minimum absolute atomic E-state index is 0.127. The number of carbonyl (C=O) groups excluding carboxylic acids is 1. The minimum Gasteiger partial charge on any atom is -0.493 e. The summed E-state index contributed by atoms with van der Waals surface area (Å²) in [5.74, 6) is 1.44. The number of rotatable bonds is 8. The number of pyridine rings is 1. The van der Waals surface area contributed by atoms with Gasteiger partial charge < -0.3 is 14.8 Å². The molecule has 144 valence electrons. The zero-order valence-corrected chi connectivity index (χ0v) is 15.7. The molecule has 0 unspecified atom stereocenters. The standard InChI is InChI=1S/C20H21N5O3/c1-3-5-15-7-8-17(18(10-15)27-2)28-12-19(26)23-11-16-6-4-9-22-20(16)25-14-21-13-24-25/h3-10,13-14H,11-12H2,1-2H3,(H,23,26)/b5-3-. The van der Waals surface area contributed by atoms with Crippen LogP contribution in [0.2, 0.25) is 0 Å². The molecule has 1 aromatic carbocycles. The first kappa shape index (κ1) is 19.1. The van der Waals surface area contributed by atoms with Crippen LogP contribution >= 0.6 is 0 Å². The van der Waals surface area contributed by atoms with Gasteiger partial charge in [0.25, 0.3) is 5.91 Å². The molecule has 28 heavy (non-hydrogen) atoms. The van der Waals surface area contributed by atoms with Crippen molar-refractivity contribution in [2.24, 2.45) is 0 Å². The van der Waals surface area contributed by atoms with E-state index in [4.69, 9.17) is 9.47 Å². The fourth-order valence-electron chi connectivity index (χ4n) is 2.58. The van der Waals surface area contributed by atoms with Crippen molar-refractivity contribution in [2.45, 2.75) is 13.5 Å². The first-order valence-electron chi connectivity index (χ1n) is 8.70. The summed E-state index contributed by atoms with van der Waals surface area (Å²) in [4.78, 5) is 20.4. The average Bonchev–Trinajstić information content (AvgIpc) is 3.26. The Bertz CT molecular complexity index is 954. The Morgan fingerprint density at radius 2 is 2.18 bits per heavy atom. The van der Waals surface area contributed by atoms with Crippen LogP contribution < -0.4 is 14.8 Å². The number of allylic oxidation sites excluding steroid dienone is 1. The van der Waals surface area contributed by atoms with Crippen molar-refractivity contribution < 1.29 is 14.3 Å². The Hall–Kier alpha value is -3.68. The van der Waals surface area contributed by atoms with E-state index in [2.05, 4.69) is 20.4 Å². The van der Waals surface area contributed by atoms with Crippen molar-refractivity contribution in [1.82, 2.24) is 25.1 Å². The van der Waals surface area contributed by atoms with Crippen LogP contribution in [0.25, 0.3) is 11.9 Å². The smallest absolute Gasteiger partial charge is 0.258 e. The zero-order chi connectivity index (χ0) is 19.8.